The average Bonchev–Trinajstić information content (AvgIpc) is 2.67. The van der Waals surface area contributed by atoms with Gasteiger partial charge in [-0.25, -0.2) is 4.99 Å². The zero-order valence-electron chi connectivity index (χ0n) is 15.2. The Morgan fingerprint density at radius 2 is 1.79 bits per heavy atom. The van der Waals surface area contributed by atoms with E-state index in [-0.39, 0.29) is 30.2 Å². The van der Waals surface area contributed by atoms with Crippen LogP contribution in [0.4, 0.5) is 8.78 Å². The molecule has 2 aromatic rings. The molecule has 0 saturated carbocycles. The van der Waals surface area contributed by atoms with E-state index in [1.165, 1.54) is 18.2 Å². The second-order valence-electron chi connectivity index (χ2n) is 5.99. The predicted octanol–water partition coefficient (Wildman–Crippen LogP) is 1.49. The summed E-state index contributed by atoms with van der Waals surface area (Å²) in [6.45, 7) is -3.04. The number of para-hydroxylation sites is 1. The molecule has 2 rings (SSSR count). The Morgan fingerprint density at radius 1 is 1.14 bits per heavy atom. The van der Waals surface area contributed by atoms with Gasteiger partial charge in [0.15, 0.2) is 5.96 Å². The molecule has 0 aliphatic rings. The largest absolute Gasteiger partial charge is 0.480 e. The minimum atomic E-state index is -2.97. The lowest BCUT2D eigenvalue weighted by Crippen LogP contribution is -2.36. The first-order valence-corrected chi connectivity index (χ1v) is 8.47. The zero-order chi connectivity index (χ0) is 21.4. The molecule has 8 nitrogen and oxygen atoms in total. The van der Waals surface area contributed by atoms with Crippen molar-refractivity contribution >= 4 is 17.8 Å². The highest BCUT2D eigenvalue weighted by atomic mass is 19.3. The summed E-state index contributed by atoms with van der Waals surface area (Å²) in [5.74, 6) is -1.87. The predicted molar refractivity (Wildman–Crippen MR) is 102 cm³/mol. The number of aliphatic carboxylic acids is 1. The third kappa shape index (κ3) is 6.85. The van der Waals surface area contributed by atoms with Crippen molar-refractivity contribution in [1.82, 2.24) is 5.32 Å². The molecule has 154 valence electrons. The number of nitrogens with zero attached hydrogens (tertiary/aromatic N) is 1. The van der Waals surface area contributed by atoms with Gasteiger partial charge in [0.25, 0.3) is 5.91 Å². The van der Waals surface area contributed by atoms with E-state index in [0.717, 1.165) is 0 Å². The second-order valence-corrected chi connectivity index (χ2v) is 5.99. The quantitative estimate of drug-likeness (QED) is 0.387. The van der Waals surface area contributed by atoms with E-state index in [9.17, 15) is 18.4 Å². The van der Waals surface area contributed by atoms with Gasteiger partial charge in [-0.2, -0.15) is 8.78 Å². The maximum atomic E-state index is 12.4. The summed E-state index contributed by atoms with van der Waals surface area (Å²) in [5, 5.41) is 11.2. The molecule has 2 aromatic carbocycles. The van der Waals surface area contributed by atoms with E-state index in [2.05, 4.69) is 15.0 Å². The van der Waals surface area contributed by atoms with Crippen LogP contribution in [0.2, 0.25) is 0 Å². The van der Waals surface area contributed by atoms with Crippen molar-refractivity contribution in [2.24, 2.45) is 16.5 Å². The van der Waals surface area contributed by atoms with Crippen molar-refractivity contribution in [1.29, 1.82) is 0 Å². The summed E-state index contributed by atoms with van der Waals surface area (Å²) in [4.78, 5) is 26.9. The molecule has 0 heterocycles. The van der Waals surface area contributed by atoms with Gasteiger partial charge in [0.2, 0.25) is 0 Å². The molecule has 0 fully saturated rings. The summed E-state index contributed by atoms with van der Waals surface area (Å²) in [6.07, 6.45) is 0.126. The number of nitrogens with one attached hydrogen (secondary N) is 1. The van der Waals surface area contributed by atoms with E-state index in [4.69, 9.17) is 16.6 Å². The number of hydrogen-bond donors (Lipinski definition) is 4. The highest BCUT2D eigenvalue weighted by molar-refractivity contribution is 6.05. The van der Waals surface area contributed by atoms with Crippen LogP contribution in [0.15, 0.2) is 53.5 Å². The standard InChI is InChI=1S/C19H20F2N4O4/c20-18(21)29-15-4-2-1-3-13(15)10-24-19(23)25-16(26)12-7-5-11(6-8-12)9-14(22)17(27)28/h1-8,14,18H,9-10,22H2,(H,27,28)(H3,23,24,25,26). The van der Waals surface area contributed by atoms with Crippen LogP contribution in [0.5, 0.6) is 5.75 Å². The fourth-order valence-electron chi connectivity index (χ4n) is 2.38. The van der Waals surface area contributed by atoms with E-state index in [1.54, 1.807) is 30.3 Å². The minimum absolute atomic E-state index is 0.0273. The SMILES string of the molecule is NC(=NCc1ccccc1OC(F)F)NC(=O)c1ccc(CC(N)C(=O)O)cc1. The molecule has 0 bridgehead atoms. The van der Waals surface area contributed by atoms with Gasteiger partial charge in [-0.05, 0) is 30.2 Å². The van der Waals surface area contributed by atoms with Gasteiger partial charge in [0.05, 0.1) is 6.54 Å². The normalized spacial score (nSPS) is 12.5. The lowest BCUT2D eigenvalue weighted by atomic mass is 10.0. The monoisotopic (exact) mass is 406 g/mol. The van der Waals surface area contributed by atoms with Crippen LogP contribution in [0.3, 0.4) is 0 Å². The van der Waals surface area contributed by atoms with Crippen molar-refractivity contribution in [2.45, 2.75) is 25.6 Å². The number of halogens is 2. The number of guanidine groups is 1. The molecule has 1 amide bonds. The first kappa shape index (κ1) is 21.8. The molecule has 0 aliphatic heterocycles. The number of carbonyl (C=O) groups excluding carboxylic acids is 1. The number of nitrogens with two attached hydrogens (primary N) is 2. The summed E-state index contributed by atoms with van der Waals surface area (Å²) in [6, 6.07) is 11.2. The van der Waals surface area contributed by atoms with Gasteiger partial charge in [0, 0.05) is 11.1 Å². The van der Waals surface area contributed by atoms with E-state index in [0.29, 0.717) is 11.1 Å². The number of carbonyl (C=O) groups is 2. The van der Waals surface area contributed by atoms with Gasteiger partial charge in [-0.1, -0.05) is 30.3 Å². The fraction of sp³-hybridized carbons (Fsp3) is 0.211. The van der Waals surface area contributed by atoms with Crippen LogP contribution in [-0.4, -0.2) is 35.6 Å². The van der Waals surface area contributed by atoms with Crippen molar-refractivity contribution < 1.29 is 28.2 Å². The Kier molecular flexibility index (Phi) is 7.61. The Bertz CT molecular complexity index is 888. The third-order valence-electron chi connectivity index (χ3n) is 3.84. The third-order valence-corrected chi connectivity index (χ3v) is 3.84. The highest BCUT2D eigenvalue weighted by Gasteiger charge is 2.13. The molecule has 0 spiro atoms. The minimum Gasteiger partial charge on any atom is -0.480 e. The molecule has 1 atom stereocenters. The van der Waals surface area contributed by atoms with Crippen LogP contribution >= 0.6 is 0 Å². The molecule has 29 heavy (non-hydrogen) atoms. The van der Waals surface area contributed by atoms with E-state index in [1.807, 2.05) is 0 Å². The Balaban J connectivity index is 1.97. The van der Waals surface area contributed by atoms with Gasteiger partial charge >= 0.3 is 12.6 Å². The molecule has 10 heteroatoms. The van der Waals surface area contributed by atoms with Gasteiger partial charge in [-0.3, -0.25) is 14.9 Å². The molecular formula is C19H20F2N4O4. The second kappa shape index (κ2) is 10.1. The Morgan fingerprint density at radius 3 is 2.41 bits per heavy atom. The van der Waals surface area contributed by atoms with Crippen molar-refractivity contribution in [2.75, 3.05) is 0 Å². The topological polar surface area (TPSA) is 140 Å². The van der Waals surface area contributed by atoms with Crippen LogP contribution in [0, 0.1) is 0 Å². The number of carboxylic acids is 1. The summed E-state index contributed by atoms with van der Waals surface area (Å²) in [7, 11) is 0. The Labute approximate surface area is 165 Å². The summed E-state index contributed by atoms with van der Waals surface area (Å²) in [5.41, 5.74) is 12.5. The molecule has 0 aromatic heterocycles. The smallest absolute Gasteiger partial charge is 0.387 e. The zero-order valence-corrected chi connectivity index (χ0v) is 15.2. The number of benzene rings is 2. The Hall–Kier alpha value is -3.53. The maximum Gasteiger partial charge on any atom is 0.387 e. The number of rotatable bonds is 8. The number of carboxylic acid groups (broad SMARTS) is 1. The first-order chi connectivity index (χ1) is 13.8. The fourth-order valence-corrected chi connectivity index (χ4v) is 2.38. The van der Waals surface area contributed by atoms with E-state index >= 15 is 0 Å². The number of ether oxygens (including phenoxy) is 1. The molecule has 1 unspecified atom stereocenters. The van der Waals surface area contributed by atoms with Gasteiger partial charge < -0.3 is 21.3 Å². The molecule has 0 radical (unpaired) electrons. The van der Waals surface area contributed by atoms with Crippen LogP contribution < -0.4 is 21.5 Å². The molecule has 0 aliphatic carbocycles. The number of alkyl halides is 2. The lowest BCUT2D eigenvalue weighted by Gasteiger charge is -2.10. The highest BCUT2D eigenvalue weighted by Crippen LogP contribution is 2.20. The first-order valence-electron chi connectivity index (χ1n) is 8.47. The van der Waals surface area contributed by atoms with Crippen LogP contribution in [0.25, 0.3) is 0 Å². The maximum absolute atomic E-state index is 12.4. The van der Waals surface area contributed by atoms with Crippen LogP contribution in [-0.2, 0) is 17.8 Å². The number of amides is 1. The summed E-state index contributed by atoms with van der Waals surface area (Å²) < 4.78 is 29.2. The number of hydrogen-bond acceptors (Lipinski definition) is 5. The van der Waals surface area contributed by atoms with E-state index < -0.39 is 24.5 Å². The lowest BCUT2D eigenvalue weighted by molar-refractivity contribution is -0.138. The summed E-state index contributed by atoms with van der Waals surface area (Å²) >= 11 is 0. The number of aliphatic imine (C=N–C) groups is 1. The molecule has 0 saturated heterocycles. The van der Waals surface area contributed by atoms with Crippen LogP contribution in [0.1, 0.15) is 21.5 Å². The van der Waals surface area contributed by atoms with Gasteiger partial charge in [-0.15, -0.1) is 0 Å². The van der Waals surface area contributed by atoms with Crippen molar-refractivity contribution in [3.05, 3.63) is 65.2 Å². The van der Waals surface area contributed by atoms with Crippen molar-refractivity contribution in [3.8, 4) is 5.75 Å². The molecular weight excluding hydrogens is 386 g/mol. The van der Waals surface area contributed by atoms with Crippen molar-refractivity contribution in [3.63, 3.8) is 0 Å². The average molecular weight is 406 g/mol. The molecule has 6 N–H and O–H groups in total. The van der Waals surface area contributed by atoms with Gasteiger partial charge in [0.1, 0.15) is 11.8 Å².